The van der Waals surface area contributed by atoms with Crippen molar-refractivity contribution in [3.8, 4) is 0 Å². The molecule has 0 saturated carbocycles. The summed E-state index contributed by atoms with van der Waals surface area (Å²) in [6, 6.07) is 0. The number of carbonyl (C=O) groups excluding carboxylic acids is 1. The van der Waals surface area contributed by atoms with Gasteiger partial charge in [-0.05, 0) is 33.7 Å². The Balaban J connectivity index is 1.52. The summed E-state index contributed by atoms with van der Waals surface area (Å²) >= 11 is 0. The van der Waals surface area contributed by atoms with Gasteiger partial charge in [0.05, 0.1) is 11.3 Å². The molecule has 0 bridgehead atoms. The molecule has 0 aliphatic carbocycles. The van der Waals surface area contributed by atoms with E-state index in [1.165, 1.54) is 11.3 Å². The van der Waals surface area contributed by atoms with E-state index in [0.717, 1.165) is 50.4 Å². The van der Waals surface area contributed by atoms with Gasteiger partial charge in [0, 0.05) is 62.2 Å². The Labute approximate surface area is 159 Å². The summed E-state index contributed by atoms with van der Waals surface area (Å²) in [5.74, 6) is 1.78. The second-order valence-electron chi connectivity index (χ2n) is 7.69. The van der Waals surface area contributed by atoms with Crippen LogP contribution in [0.5, 0.6) is 0 Å². The van der Waals surface area contributed by atoms with Crippen LogP contribution in [-0.2, 0) is 13.0 Å². The van der Waals surface area contributed by atoms with E-state index in [1.807, 2.05) is 24.9 Å². The summed E-state index contributed by atoms with van der Waals surface area (Å²) < 4.78 is 0. The van der Waals surface area contributed by atoms with E-state index in [4.69, 9.17) is 4.98 Å². The Hall–Kier alpha value is -2.41. The minimum atomic E-state index is 0.0109. The first kappa shape index (κ1) is 18.0. The molecule has 0 spiro atoms. The molecule has 1 atom stereocenters. The molecule has 2 aliphatic heterocycles. The van der Waals surface area contributed by atoms with Crippen LogP contribution in [0.1, 0.15) is 57.7 Å². The van der Waals surface area contributed by atoms with Crippen LogP contribution in [0.3, 0.4) is 0 Å². The van der Waals surface area contributed by atoms with Crippen molar-refractivity contribution in [2.45, 2.75) is 45.6 Å². The molecule has 1 saturated heterocycles. The number of amides is 1. The highest BCUT2D eigenvalue weighted by atomic mass is 16.2. The summed E-state index contributed by atoms with van der Waals surface area (Å²) in [6.07, 6.45) is 6.58. The molecule has 0 unspecified atom stereocenters. The summed E-state index contributed by atoms with van der Waals surface area (Å²) in [5.41, 5.74) is 3.73. The monoisotopic (exact) mass is 366 g/mol. The Morgan fingerprint density at radius 2 is 2.00 bits per heavy atom. The zero-order valence-electron chi connectivity index (χ0n) is 16.3. The number of fused-ring (bicyclic) bond motifs is 1. The molecule has 4 heterocycles. The van der Waals surface area contributed by atoms with E-state index in [2.05, 4.69) is 26.9 Å². The Bertz CT molecular complexity index is 868. The lowest BCUT2D eigenvalue weighted by Crippen LogP contribution is -2.40. The number of likely N-dealkylation sites (N-methyl/N-ethyl adjacent to an activating group) is 1. The van der Waals surface area contributed by atoms with Crippen LogP contribution < -0.4 is 0 Å². The van der Waals surface area contributed by atoms with Crippen LogP contribution in [0.15, 0.2) is 12.4 Å². The number of nitrogens with zero attached hydrogens (tertiary/aromatic N) is 6. The molecule has 142 valence electrons. The van der Waals surface area contributed by atoms with Crippen molar-refractivity contribution < 1.29 is 4.79 Å². The normalized spacial score (nSPS) is 20.4. The van der Waals surface area contributed by atoms with Crippen molar-refractivity contribution in [1.82, 2.24) is 29.7 Å². The second kappa shape index (κ2) is 7.31. The summed E-state index contributed by atoms with van der Waals surface area (Å²) in [5, 5.41) is 0. The van der Waals surface area contributed by atoms with E-state index in [0.29, 0.717) is 17.9 Å². The molecule has 7 nitrogen and oxygen atoms in total. The highest BCUT2D eigenvalue weighted by Gasteiger charge is 2.29. The van der Waals surface area contributed by atoms with E-state index < -0.39 is 0 Å². The Morgan fingerprint density at radius 1 is 1.15 bits per heavy atom. The van der Waals surface area contributed by atoms with Crippen LogP contribution >= 0.6 is 0 Å². The quantitative estimate of drug-likeness (QED) is 0.808. The second-order valence-corrected chi connectivity index (χ2v) is 7.69. The first-order valence-corrected chi connectivity index (χ1v) is 9.64. The van der Waals surface area contributed by atoms with Crippen LogP contribution in [0, 0.1) is 13.8 Å². The third-order valence-corrected chi connectivity index (χ3v) is 5.55. The summed E-state index contributed by atoms with van der Waals surface area (Å²) in [6.45, 7) is 7.07. The van der Waals surface area contributed by atoms with E-state index >= 15 is 0 Å². The molecule has 2 aromatic rings. The smallest absolute Gasteiger partial charge is 0.257 e. The van der Waals surface area contributed by atoms with Gasteiger partial charge in [-0.25, -0.2) is 19.9 Å². The predicted molar refractivity (Wildman–Crippen MR) is 101 cm³/mol. The van der Waals surface area contributed by atoms with Crippen molar-refractivity contribution in [1.29, 1.82) is 0 Å². The van der Waals surface area contributed by atoms with Crippen LogP contribution in [0.2, 0.25) is 0 Å². The lowest BCUT2D eigenvalue weighted by atomic mass is 9.96. The van der Waals surface area contributed by atoms with Gasteiger partial charge in [0.25, 0.3) is 5.91 Å². The first-order valence-electron chi connectivity index (χ1n) is 9.64. The van der Waals surface area contributed by atoms with Gasteiger partial charge in [0.15, 0.2) is 0 Å². The van der Waals surface area contributed by atoms with Gasteiger partial charge in [0.1, 0.15) is 11.6 Å². The first-order chi connectivity index (χ1) is 13.0. The van der Waals surface area contributed by atoms with E-state index in [9.17, 15) is 4.79 Å². The van der Waals surface area contributed by atoms with Gasteiger partial charge in [0.2, 0.25) is 0 Å². The largest absolute Gasteiger partial charge is 0.338 e. The van der Waals surface area contributed by atoms with Crippen LogP contribution in [0.25, 0.3) is 0 Å². The molecule has 2 aliphatic rings. The predicted octanol–water partition coefficient (Wildman–Crippen LogP) is 1.89. The van der Waals surface area contributed by atoms with Crippen LogP contribution in [-0.4, -0.2) is 62.3 Å². The number of likely N-dealkylation sites (tertiary alicyclic amines) is 1. The topological polar surface area (TPSA) is 75.1 Å². The summed E-state index contributed by atoms with van der Waals surface area (Å²) in [7, 11) is 2.12. The van der Waals surface area contributed by atoms with Gasteiger partial charge in [-0.1, -0.05) is 0 Å². The van der Waals surface area contributed by atoms with Crippen molar-refractivity contribution >= 4 is 5.91 Å². The number of hydrogen-bond acceptors (Lipinski definition) is 6. The lowest BCUT2D eigenvalue weighted by Gasteiger charge is -2.33. The maximum Gasteiger partial charge on any atom is 0.257 e. The number of hydrogen-bond donors (Lipinski definition) is 0. The highest BCUT2D eigenvalue weighted by Crippen LogP contribution is 2.27. The molecule has 0 aromatic carbocycles. The molecule has 0 radical (unpaired) electrons. The number of aryl methyl sites for hydroxylation is 2. The molecule has 1 amide bonds. The fourth-order valence-electron chi connectivity index (χ4n) is 4.01. The van der Waals surface area contributed by atoms with Crippen molar-refractivity contribution in [2.75, 3.05) is 26.7 Å². The number of rotatable bonds is 2. The van der Waals surface area contributed by atoms with Gasteiger partial charge < -0.3 is 9.80 Å². The zero-order chi connectivity index (χ0) is 19.0. The number of carbonyl (C=O) groups is 1. The van der Waals surface area contributed by atoms with Crippen LogP contribution in [0.4, 0.5) is 0 Å². The fourth-order valence-corrected chi connectivity index (χ4v) is 4.01. The Morgan fingerprint density at radius 3 is 2.81 bits per heavy atom. The maximum absolute atomic E-state index is 13.0. The molecule has 0 N–H and O–H groups in total. The fraction of sp³-hybridized carbons (Fsp3) is 0.550. The molecule has 27 heavy (non-hydrogen) atoms. The average molecular weight is 366 g/mol. The minimum Gasteiger partial charge on any atom is -0.338 e. The van der Waals surface area contributed by atoms with Gasteiger partial charge in [-0.15, -0.1) is 0 Å². The number of piperidine rings is 1. The average Bonchev–Trinajstić information content (AvgIpc) is 2.67. The van der Waals surface area contributed by atoms with Crippen molar-refractivity contribution in [2.24, 2.45) is 0 Å². The van der Waals surface area contributed by atoms with Gasteiger partial charge in [-0.2, -0.15) is 0 Å². The number of aromatic nitrogens is 4. The standard InChI is InChI=1S/C20H26N6O/c1-13-17(10-21-14(2)23-13)20(27)26-7-4-5-15(12-26)19-22-9-16-11-25(3)8-6-18(16)24-19/h9-10,15H,4-8,11-12H2,1-3H3/t15-/m1/s1. The Kier molecular flexibility index (Phi) is 4.86. The third-order valence-electron chi connectivity index (χ3n) is 5.55. The molecule has 2 aromatic heterocycles. The van der Waals surface area contributed by atoms with Gasteiger partial charge in [-0.3, -0.25) is 4.79 Å². The van der Waals surface area contributed by atoms with Gasteiger partial charge >= 0.3 is 0 Å². The molecular weight excluding hydrogens is 340 g/mol. The highest BCUT2D eigenvalue weighted by molar-refractivity contribution is 5.95. The van der Waals surface area contributed by atoms with Crippen molar-refractivity contribution in [3.63, 3.8) is 0 Å². The van der Waals surface area contributed by atoms with Crippen molar-refractivity contribution in [3.05, 3.63) is 46.6 Å². The van der Waals surface area contributed by atoms with E-state index in [1.54, 1.807) is 6.20 Å². The molecule has 4 rings (SSSR count). The summed E-state index contributed by atoms with van der Waals surface area (Å²) in [4.78, 5) is 35.2. The molecule has 7 heteroatoms. The minimum absolute atomic E-state index is 0.0109. The lowest BCUT2D eigenvalue weighted by molar-refractivity contribution is 0.0702. The molecule has 1 fully saturated rings. The third kappa shape index (κ3) is 3.69. The zero-order valence-corrected chi connectivity index (χ0v) is 16.3. The molecular formula is C20H26N6O. The SMILES string of the molecule is Cc1ncc(C(=O)N2CCC[C@@H](c3ncc4c(n3)CCN(C)C4)C2)c(C)n1. The van der Waals surface area contributed by atoms with E-state index in [-0.39, 0.29) is 11.8 Å². The maximum atomic E-state index is 13.0.